The number of anilines is 1. The maximum absolute atomic E-state index is 14.8. The van der Waals surface area contributed by atoms with E-state index in [4.69, 9.17) is 36.3 Å². The quantitative estimate of drug-likeness (QED) is 0.0459. The molecule has 11 aromatic rings. The van der Waals surface area contributed by atoms with Crippen LogP contribution in [0.5, 0.6) is 23.0 Å². The number of likely N-dealkylation sites (tertiary alicyclic amines) is 3. The van der Waals surface area contributed by atoms with Crippen LogP contribution in [0.3, 0.4) is 0 Å². The number of benzene rings is 8. The standard InChI is InChI=1S/C32H28F2N4O4.C23H18F2N4O2.C21H16ClF2N3O3.C10H12N2O/c1-41-22-12-11-21(27(16-22)42-2)17-38-18-26-29(32(38)40)25(35-30(36-26)28-23(33)5-3-6-24(28)34)15-19-7-9-20(10-8-19)31(39)37-13-4-14-37;24-15-3-1-4-16(25)19(15)21-27-17(20-18(28-21)12-26-22(20)30)11-13-5-7-14(8-6-13)23(31)29-9-2-10-29;1-29-12-7-6-11(16(8-12)30-2)9-27-10-15-18(21(27)28)19(22)26-20(25-15)17-13(23)4-3-5-14(17)24;11-9-4-2-8(3-5-9)10(13)12-6-1-7-12/h3,5-12,16H,4,13-15,17-18H2,1-2H3;1,3-8H,2,9-12H2,(H,26,30);3-8H,9-10H2,1-2H3;2-5H,1,6-7,11H2. The van der Waals surface area contributed by atoms with Gasteiger partial charge < -0.3 is 54.5 Å². The molecule has 0 saturated carbocycles. The number of nitrogens with one attached hydrogen (secondary N) is 1. The van der Waals surface area contributed by atoms with Gasteiger partial charge in [-0.2, -0.15) is 0 Å². The van der Waals surface area contributed by atoms with Crippen molar-refractivity contribution in [3.63, 3.8) is 0 Å². The van der Waals surface area contributed by atoms with E-state index in [1.54, 1.807) is 127 Å². The fourth-order valence-corrected chi connectivity index (χ4v) is 14.0. The summed E-state index contributed by atoms with van der Waals surface area (Å²) in [6, 6.07) is 42.5. The zero-order valence-electron chi connectivity index (χ0n) is 63.1. The van der Waals surface area contributed by atoms with Crippen molar-refractivity contribution in [1.82, 2.24) is 59.7 Å². The number of amides is 6. The third-order valence-electron chi connectivity index (χ3n) is 20.4. The Morgan fingerprint density at radius 2 is 0.776 bits per heavy atom. The molecule has 0 radical (unpaired) electrons. The van der Waals surface area contributed by atoms with Gasteiger partial charge in [-0.05, 0) is 140 Å². The Bertz CT molecular complexity index is 5600. The molecule has 6 aliphatic heterocycles. The van der Waals surface area contributed by atoms with Crippen LogP contribution < -0.4 is 30.0 Å². The summed E-state index contributed by atoms with van der Waals surface area (Å²) in [6.07, 6.45) is 3.62. The first-order valence-electron chi connectivity index (χ1n) is 37.0. The predicted molar refractivity (Wildman–Crippen MR) is 415 cm³/mol. The summed E-state index contributed by atoms with van der Waals surface area (Å²) in [5.74, 6) is -3.67. The number of halogens is 7. The van der Waals surface area contributed by atoms with Gasteiger partial charge in [-0.1, -0.05) is 54.1 Å². The molecule has 9 heterocycles. The van der Waals surface area contributed by atoms with Gasteiger partial charge in [0.1, 0.15) is 68.6 Å². The Balaban J connectivity index is 0.000000135. The summed E-state index contributed by atoms with van der Waals surface area (Å²) in [7, 11) is 6.17. The molecule has 3 fully saturated rings. The molecule has 592 valence electrons. The number of nitrogens with two attached hydrogens (primary N) is 1. The topological polar surface area (TPSA) is 271 Å². The van der Waals surface area contributed by atoms with E-state index in [1.807, 2.05) is 23.1 Å². The van der Waals surface area contributed by atoms with Gasteiger partial charge in [0.05, 0.1) is 117 Å². The van der Waals surface area contributed by atoms with E-state index >= 15 is 0 Å². The highest BCUT2D eigenvalue weighted by Gasteiger charge is 2.37. The zero-order chi connectivity index (χ0) is 81.6. The van der Waals surface area contributed by atoms with Gasteiger partial charge in [0.2, 0.25) is 0 Å². The molecule has 0 spiro atoms. The second-order valence-electron chi connectivity index (χ2n) is 27.7. The van der Waals surface area contributed by atoms with Crippen LogP contribution in [0, 0.1) is 34.9 Å². The van der Waals surface area contributed by atoms with Crippen molar-refractivity contribution < 1.29 is 74.1 Å². The van der Waals surface area contributed by atoms with E-state index in [0.29, 0.717) is 79.4 Å². The number of nitrogen functional groups attached to an aromatic ring is 1. The molecule has 6 aliphatic rings. The SMILES string of the molecule is COc1ccc(CN2Cc3nc(-c4c(F)cccc4F)nc(Cc4ccc(C(=O)N5CCC5)cc4)c3C2=O)c(OC)c1.COc1ccc(CN2Cc3nc(-c4c(F)cccc4F)nc(Cl)c3C2=O)c(OC)c1.Nc1ccc(C(=O)N2CCC2)cc1.O=C1NCc2nc(-c3c(F)cccc3F)nc(Cc3ccc(C(=O)N4CCC4)cc3)c21. The Morgan fingerprint density at radius 1 is 0.422 bits per heavy atom. The van der Waals surface area contributed by atoms with Crippen LogP contribution in [0.4, 0.5) is 32.0 Å². The third-order valence-corrected chi connectivity index (χ3v) is 20.7. The highest BCUT2D eigenvalue weighted by Crippen LogP contribution is 2.38. The van der Waals surface area contributed by atoms with Gasteiger partial charge in [-0.3, -0.25) is 28.8 Å². The zero-order valence-corrected chi connectivity index (χ0v) is 63.9. The lowest BCUT2D eigenvalue weighted by Crippen LogP contribution is -2.41. The first-order valence-corrected chi connectivity index (χ1v) is 37.3. The van der Waals surface area contributed by atoms with Crippen LogP contribution >= 0.6 is 11.6 Å². The molecular formula is C86H74ClF6N13O10. The normalized spacial score (nSPS) is 14.1. The van der Waals surface area contributed by atoms with E-state index in [9.17, 15) is 55.1 Å². The minimum absolute atomic E-state index is 0.00239. The molecule has 116 heavy (non-hydrogen) atoms. The largest absolute Gasteiger partial charge is 0.497 e. The van der Waals surface area contributed by atoms with E-state index < -0.39 is 34.9 Å². The summed E-state index contributed by atoms with van der Waals surface area (Å²) in [5, 5.41) is 2.54. The van der Waals surface area contributed by atoms with Crippen LogP contribution in [0.1, 0.15) is 132 Å². The highest BCUT2D eigenvalue weighted by molar-refractivity contribution is 6.33. The van der Waals surface area contributed by atoms with Crippen molar-refractivity contribution in [2.75, 3.05) is 73.4 Å². The summed E-state index contributed by atoms with van der Waals surface area (Å²) >= 11 is 6.21. The number of rotatable bonds is 18. The Morgan fingerprint density at radius 3 is 1.15 bits per heavy atom. The summed E-state index contributed by atoms with van der Waals surface area (Å²) in [5.41, 5.74) is 12.8. The number of ether oxygens (including phenoxy) is 4. The molecule has 3 N–H and O–H groups in total. The number of nitrogens with zero attached hydrogens (tertiary/aromatic N) is 11. The molecule has 0 aliphatic carbocycles. The fraction of sp³-hybridized carbons (Fsp3) is 0.233. The minimum Gasteiger partial charge on any atom is -0.497 e. The summed E-state index contributed by atoms with van der Waals surface area (Å²) < 4.78 is 108. The van der Waals surface area contributed by atoms with Crippen molar-refractivity contribution in [1.29, 1.82) is 0 Å². The lowest BCUT2D eigenvalue weighted by molar-refractivity contribution is 0.0644. The molecule has 6 amide bonds. The van der Waals surface area contributed by atoms with Crippen LogP contribution in [-0.4, -0.2) is 158 Å². The van der Waals surface area contributed by atoms with Crippen molar-refractivity contribution in [2.24, 2.45) is 0 Å². The number of methoxy groups -OCH3 is 4. The molecule has 8 aromatic carbocycles. The molecule has 0 atom stereocenters. The van der Waals surface area contributed by atoms with Crippen LogP contribution in [0.15, 0.2) is 164 Å². The van der Waals surface area contributed by atoms with E-state index in [2.05, 4.69) is 35.2 Å². The van der Waals surface area contributed by atoms with Crippen LogP contribution in [0.2, 0.25) is 5.15 Å². The highest BCUT2D eigenvalue weighted by atomic mass is 35.5. The molecule has 0 unspecified atom stereocenters. The molecule has 3 saturated heterocycles. The number of carbonyl (C=O) groups is 6. The molecule has 17 rings (SSSR count). The predicted octanol–water partition coefficient (Wildman–Crippen LogP) is 13.5. The first-order chi connectivity index (χ1) is 56.1. The Kier molecular flexibility index (Phi) is 23.6. The van der Waals surface area contributed by atoms with E-state index in [0.717, 1.165) is 123 Å². The first kappa shape index (κ1) is 79.3. The third kappa shape index (κ3) is 16.9. The average molecular weight is 1600 g/mol. The van der Waals surface area contributed by atoms with Crippen molar-refractivity contribution in [3.05, 3.63) is 288 Å². The fourth-order valence-electron chi connectivity index (χ4n) is 13.8. The number of aromatic nitrogens is 6. The van der Waals surface area contributed by atoms with Crippen molar-refractivity contribution >= 4 is 52.7 Å². The second-order valence-corrected chi connectivity index (χ2v) is 28.1. The number of hydrogen-bond donors (Lipinski definition) is 2. The van der Waals surface area contributed by atoms with Gasteiger partial charge in [-0.25, -0.2) is 56.2 Å². The smallest absolute Gasteiger partial charge is 0.259 e. The Labute approximate surface area is 666 Å². The molecule has 30 heteroatoms. The van der Waals surface area contributed by atoms with Gasteiger partial charge in [0.15, 0.2) is 17.5 Å². The van der Waals surface area contributed by atoms with Gasteiger partial charge in [0, 0.05) is 97.7 Å². The molecule has 23 nitrogen and oxygen atoms in total. The number of fused-ring (bicyclic) bond motifs is 3. The maximum Gasteiger partial charge on any atom is 0.259 e. The lowest BCUT2D eigenvalue weighted by Gasteiger charge is -2.30. The molecule has 3 aromatic heterocycles. The minimum atomic E-state index is -0.810. The molecule has 0 bridgehead atoms. The van der Waals surface area contributed by atoms with E-state index in [-0.39, 0.29) is 126 Å². The number of hydrogen-bond acceptors (Lipinski definition) is 17. The van der Waals surface area contributed by atoms with Crippen LogP contribution in [-0.2, 0) is 45.6 Å². The van der Waals surface area contributed by atoms with Gasteiger partial charge >= 0.3 is 0 Å². The number of carbonyl (C=O) groups excluding carboxylic acids is 6. The maximum atomic E-state index is 14.8. The lowest BCUT2D eigenvalue weighted by atomic mass is 10.0. The summed E-state index contributed by atoms with van der Waals surface area (Å²) in [6.45, 7) is 5.72. The molecular weight excluding hydrogens is 1520 g/mol. The monoisotopic (exact) mass is 1600 g/mol. The van der Waals surface area contributed by atoms with E-state index in [1.165, 1.54) is 30.2 Å². The van der Waals surface area contributed by atoms with Gasteiger partial charge in [-0.15, -0.1) is 0 Å². The Hall–Kier alpha value is -13.3. The average Bonchev–Trinajstić information content (AvgIpc) is 1.61. The van der Waals surface area contributed by atoms with Crippen molar-refractivity contribution in [2.45, 2.75) is 64.8 Å². The second kappa shape index (κ2) is 34.6. The van der Waals surface area contributed by atoms with Crippen LogP contribution in [0.25, 0.3) is 34.2 Å². The van der Waals surface area contributed by atoms with Gasteiger partial charge in [0.25, 0.3) is 35.4 Å². The van der Waals surface area contributed by atoms with Crippen molar-refractivity contribution in [3.8, 4) is 57.2 Å². The summed E-state index contributed by atoms with van der Waals surface area (Å²) in [4.78, 5) is 110.